The lowest BCUT2D eigenvalue weighted by molar-refractivity contribution is -0.131. The fourth-order valence-electron chi connectivity index (χ4n) is 2.76. The van der Waals surface area contributed by atoms with E-state index in [-0.39, 0.29) is 0 Å². The zero-order valence-electron chi connectivity index (χ0n) is 13.8. The maximum absolute atomic E-state index is 12.2. The van der Waals surface area contributed by atoms with Gasteiger partial charge in [-0.3, -0.25) is 4.79 Å². The third kappa shape index (κ3) is 3.51. The van der Waals surface area contributed by atoms with Gasteiger partial charge in [-0.05, 0) is 35.9 Å². The topological polar surface area (TPSA) is 57.5 Å². The van der Waals surface area contributed by atoms with Gasteiger partial charge in [0.25, 0.3) is 0 Å². The van der Waals surface area contributed by atoms with E-state index >= 15 is 0 Å². The van der Waals surface area contributed by atoms with Crippen LogP contribution in [-0.2, 0) is 16.1 Å². The first-order chi connectivity index (χ1) is 12.0. The summed E-state index contributed by atoms with van der Waals surface area (Å²) in [4.78, 5) is 23.5. The molecule has 0 aliphatic rings. The highest BCUT2D eigenvalue weighted by Gasteiger charge is 2.19. The number of hydrogen-bond donors (Lipinski definition) is 0. The number of hydrogen-bond acceptors (Lipinski definition) is 4. The number of nitrogens with zero attached hydrogens (tertiary/aromatic N) is 1. The number of rotatable bonds is 4. The average Bonchev–Trinajstić information content (AvgIpc) is 2.93. The molecule has 0 radical (unpaired) electrons. The summed E-state index contributed by atoms with van der Waals surface area (Å²) in [6, 6.07) is 14.4. The summed E-state index contributed by atoms with van der Waals surface area (Å²) >= 11 is 6.06. The zero-order valence-corrected chi connectivity index (χ0v) is 14.5. The normalized spacial score (nSPS) is 10.7. The van der Waals surface area contributed by atoms with Crippen molar-refractivity contribution in [3.63, 3.8) is 0 Å². The Hall–Kier alpha value is -2.79. The van der Waals surface area contributed by atoms with Crippen molar-refractivity contribution < 1.29 is 19.1 Å². The van der Waals surface area contributed by atoms with E-state index in [1.807, 2.05) is 28.8 Å². The van der Waals surface area contributed by atoms with Crippen LogP contribution in [0.3, 0.4) is 0 Å². The lowest BCUT2D eigenvalue weighted by atomic mass is 10.2. The average molecular weight is 358 g/mol. The van der Waals surface area contributed by atoms with E-state index in [4.69, 9.17) is 21.1 Å². The number of ether oxygens (including phenoxy) is 2. The molecule has 25 heavy (non-hydrogen) atoms. The van der Waals surface area contributed by atoms with Gasteiger partial charge in [0.15, 0.2) is 0 Å². The highest BCUT2D eigenvalue weighted by Crippen LogP contribution is 2.30. The van der Waals surface area contributed by atoms with Crippen molar-refractivity contribution in [2.45, 2.75) is 13.5 Å². The summed E-state index contributed by atoms with van der Waals surface area (Å²) in [7, 11) is 1.33. The Morgan fingerprint density at radius 1 is 1.12 bits per heavy atom. The Morgan fingerprint density at radius 3 is 2.56 bits per heavy atom. The van der Waals surface area contributed by atoms with E-state index in [9.17, 15) is 9.59 Å². The second kappa shape index (κ2) is 6.99. The van der Waals surface area contributed by atoms with Gasteiger partial charge in [0, 0.05) is 23.9 Å². The van der Waals surface area contributed by atoms with Crippen LogP contribution in [0.2, 0.25) is 5.02 Å². The van der Waals surface area contributed by atoms with Crippen LogP contribution in [0.5, 0.6) is 5.75 Å². The third-order valence-corrected chi connectivity index (χ3v) is 4.02. The van der Waals surface area contributed by atoms with Crippen molar-refractivity contribution in [2.24, 2.45) is 0 Å². The predicted octanol–water partition coefficient (Wildman–Crippen LogP) is 4.05. The Morgan fingerprint density at radius 2 is 1.88 bits per heavy atom. The molecule has 6 heteroatoms. The summed E-state index contributed by atoms with van der Waals surface area (Å²) in [5.74, 6) is -0.485. The second-order valence-electron chi connectivity index (χ2n) is 5.52. The number of fused-ring (bicyclic) bond motifs is 1. The number of aromatic nitrogens is 1. The lowest BCUT2D eigenvalue weighted by Crippen LogP contribution is -2.11. The second-order valence-corrected chi connectivity index (χ2v) is 5.96. The number of carbonyl (C=O) groups is 2. The Labute approximate surface area is 149 Å². The molecule has 0 atom stereocenters. The van der Waals surface area contributed by atoms with E-state index in [1.165, 1.54) is 14.0 Å². The number of halogens is 1. The first-order valence-corrected chi connectivity index (χ1v) is 8.01. The fraction of sp³-hybridized carbons (Fsp3) is 0.158. The molecule has 0 spiro atoms. The molecule has 0 N–H and O–H groups in total. The minimum atomic E-state index is -0.466. The third-order valence-electron chi connectivity index (χ3n) is 3.78. The van der Waals surface area contributed by atoms with Crippen molar-refractivity contribution in [1.82, 2.24) is 4.57 Å². The summed E-state index contributed by atoms with van der Waals surface area (Å²) in [5.41, 5.74) is 2.07. The minimum absolute atomic E-state index is 0.372. The van der Waals surface area contributed by atoms with Crippen molar-refractivity contribution >= 4 is 34.4 Å². The number of methoxy groups -OCH3 is 1. The van der Waals surface area contributed by atoms with Crippen LogP contribution in [0.25, 0.3) is 10.9 Å². The highest BCUT2D eigenvalue weighted by molar-refractivity contribution is 6.30. The quantitative estimate of drug-likeness (QED) is 0.522. The van der Waals surface area contributed by atoms with E-state index in [0.29, 0.717) is 28.4 Å². The van der Waals surface area contributed by atoms with Crippen molar-refractivity contribution in [3.05, 3.63) is 64.8 Å². The van der Waals surface area contributed by atoms with Crippen LogP contribution in [-0.4, -0.2) is 23.6 Å². The van der Waals surface area contributed by atoms with Crippen LogP contribution in [0.4, 0.5) is 0 Å². The van der Waals surface area contributed by atoms with Crippen LogP contribution in [0.1, 0.15) is 23.0 Å². The van der Waals surface area contributed by atoms with Gasteiger partial charge in [-0.15, -0.1) is 0 Å². The molecule has 0 bridgehead atoms. The summed E-state index contributed by atoms with van der Waals surface area (Å²) < 4.78 is 12.0. The van der Waals surface area contributed by atoms with Gasteiger partial charge in [-0.2, -0.15) is 0 Å². The molecular weight excluding hydrogens is 342 g/mol. The molecule has 0 saturated carbocycles. The molecule has 3 rings (SSSR count). The van der Waals surface area contributed by atoms with Gasteiger partial charge in [-0.25, -0.2) is 4.79 Å². The minimum Gasteiger partial charge on any atom is -0.464 e. The number of carbonyl (C=O) groups excluding carboxylic acids is 2. The van der Waals surface area contributed by atoms with Crippen molar-refractivity contribution in [3.8, 4) is 5.75 Å². The van der Waals surface area contributed by atoms with Gasteiger partial charge in [0.2, 0.25) is 0 Å². The Bertz CT molecular complexity index is 961. The molecule has 0 unspecified atom stereocenters. The molecule has 1 aromatic heterocycles. The molecule has 2 aromatic carbocycles. The van der Waals surface area contributed by atoms with Crippen LogP contribution >= 0.6 is 11.6 Å². The standard InChI is InChI=1S/C19H16ClNO4/c1-12(22)25-18-8-4-7-16-15(18)10-17(19(23)24-2)21(16)11-13-5-3-6-14(20)9-13/h3-10H,11H2,1-2H3. The maximum Gasteiger partial charge on any atom is 0.354 e. The van der Waals surface area contributed by atoms with E-state index in [2.05, 4.69) is 0 Å². The number of benzene rings is 2. The van der Waals surface area contributed by atoms with Gasteiger partial charge in [0.1, 0.15) is 11.4 Å². The molecule has 5 nitrogen and oxygen atoms in total. The predicted molar refractivity (Wildman–Crippen MR) is 95.1 cm³/mol. The molecule has 1 heterocycles. The SMILES string of the molecule is COC(=O)c1cc2c(OC(C)=O)cccc2n1Cc1cccc(Cl)c1. The van der Waals surface area contributed by atoms with Gasteiger partial charge < -0.3 is 14.0 Å². The van der Waals surface area contributed by atoms with E-state index in [0.717, 1.165) is 11.1 Å². The molecule has 0 amide bonds. The van der Waals surface area contributed by atoms with Crippen LogP contribution in [0.15, 0.2) is 48.5 Å². The molecule has 3 aromatic rings. The molecule has 0 aliphatic heterocycles. The van der Waals surface area contributed by atoms with Gasteiger partial charge in [-0.1, -0.05) is 29.8 Å². The summed E-state index contributed by atoms with van der Waals surface area (Å²) in [6.45, 7) is 1.76. The lowest BCUT2D eigenvalue weighted by Gasteiger charge is -2.10. The highest BCUT2D eigenvalue weighted by atomic mass is 35.5. The first kappa shape index (κ1) is 17.0. The molecule has 0 fully saturated rings. The van der Waals surface area contributed by atoms with Crippen LogP contribution in [0, 0.1) is 0 Å². The summed E-state index contributed by atoms with van der Waals surface area (Å²) in [5, 5.41) is 1.29. The van der Waals surface area contributed by atoms with Gasteiger partial charge in [0.05, 0.1) is 12.6 Å². The molecule has 0 aliphatic carbocycles. The zero-order chi connectivity index (χ0) is 18.0. The monoisotopic (exact) mass is 357 g/mol. The fourth-order valence-corrected chi connectivity index (χ4v) is 2.98. The van der Waals surface area contributed by atoms with Gasteiger partial charge >= 0.3 is 11.9 Å². The molecule has 128 valence electrons. The van der Waals surface area contributed by atoms with Crippen molar-refractivity contribution in [1.29, 1.82) is 0 Å². The Balaban J connectivity index is 2.17. The number of esters is 2. The maximum atomic E-state index is 12.2. The van der Waals surface area contributed by atoms with E-state index in [1.54, 1.807) is 24.3 Å². The largest absolute Gasteiger partial charge is 0.464 e. The first-order valence-electron chi connectivity index (χ1n) is 7.63. The Kier molecular flexibility index (Phi) is 4.76. The van der Waals surface area contributed by atoms with Crippen LogP contribution < -0.4 is 4.74 Å². The van der Waals surface area contributed by atoms with E-state index < -0.39 is 11.9 Å². The molecule has 0 saturated heterocycles. The smallest absolute Gasteiger partial charge is 0.354 e. The van der Waals surface area contributed by atoms with Crippen molar-refractivity contribution in [2.75, 3.05) is 7.11 Å². The molecular formula is C19H16ClNO4. The summed E-state index contributed by atoms with van der Waals surface area (Å²) in [6.07, 6.45) is 0.